The van der Waals surface area contributed by atoms with Gasteiger partial charge in [0, 0.05) is 56.6 Å². The van der Waals surface area contributed by atoms with Crippen molar-refractivity contribution in [3.63, 3.8) is 0 Å². The second-order valence-corrected chi connectivity index (χ2v) is 13.7. The number of hydrogen-bond donors (Lipinski definition) is 1. The van der Waals surface area contributed by atoms with E-state index >= 15 is 0 Å². The van der Waals surface area contributed by atoms with Gasteiger partial charge in [0.05, 0.1) is 22.8 Å². The van der Waals surface area contributed by atoms with Crippen molar-refractivity contribution in [2.45, 2.75) is 62.2 Å². The van der Waals surface area contributed by atoms with Crippen LogP contribution in [-0.2, 0) is 18.9 Å². The SMILES string of the molecule is CC(c1ccn(C)n1)N(C)c1nc(OC[C@@]23CCCN2C[C@H](F)C3)nc(N2CC3(CCc4sc(N)c(C#N)c43)C2)c1C#N. The van der Waals surface area contributed by atoms with E-state index in [1.165, 1.54) is 16.2 Å². The maximum atomic E-state index is 14.5. The van der Waals surface area contributed by atoms with Gasteiger partial charge in [0.15, 0.2) is 11.6 Å². The number of nitriles is 2. The van der Waals surface area contributed by atoms with Gasteiger partial charge in [-0.1, -0.05) is 0 Å². The zero-order chi connectivity index (χ0) is 30.1. The molecule has 0 amide bonds. The van der Waals surface area contributed by atoms with Crippen LogP contribution in [0.1, 0.15) is 65.9 Å². The number of aryl methyl sites for hydroxylation is 2. The van der Waals surface area contributed by atoms with E-state index in [-0.39, 0.29) is 23.0 Å². The number of halogens is 1. The van der Waals surface area contributed by atoms with Crippen molar-refractivity contribution in [2.24, 2.45) is 7.05 Å². The summed E-state index contributed by atoms with van der Waals surface area (Å²) in [6.45, 7) is 4.86. The topological polar surface area (TPSA) is 136 Å². The molecule has 43 heavy (non-hydrogen) atoms. The summed E-state index contributed by atoms with van der Waals surface area (Å²) in [6.07, 6.45) is 5.19. The van der Waals surface area contributed by atoms with Crippen LogP contribution in [0.3, 0.4) is 0 Å². The number of rotatable bonds is 7. The van der Waals surface area contributed by atoms with E-state index in [1.807, 2.05) is 38.2 Å². The third kappa shape index (κ3) is 4.32. The van der Waals surface area contributed by atoms with E-state index < -0.39 is 6.17 Å². The van der Waals surface area contributed by atoms with Gasteiger partial charge in [-0.2, -0.15) is 25.6 Å². The number of anilines is 3. The van der Waals surface area contributed by atoms with Crippen molar-refractivity contribution < 1.29 is 9.13 Å². The Bertz CT molecular complexity index is 1670. The molecule has 0 bridgehead atoms. The normalized spacial score (nSPS) is 24.3. The Labute approximate surface area is 254 Å². The van der Waals surface area contributed by atoms with E-state index in [9.17, 15) is 14.9 Å². The molecule has 6 heterocycles. The molecule has 1 aliphatic carbocycles. The van der Waals surface area contributed by atoms with Crippen LogP contribution in [-0.4, -0.2) is 76.2 Å². The first-order valence-corrected chi connectivity index (χ1v) is 15.6. The fourth-order valence-electron chi connectivity index (χ4n) is 7.73. The fraction of sp³-hybridized carbons (Fsp3) is 0.567. The number of nitrogen functional groups attached to an aromatic ring is 1. The molecule has 2 N–H and O–H groups in total. The van der Waals surface area contributed by atoms with Gasteiger partial charge in [0.1, 0.15) is 35.5 Å². The Hall–Kier alpha value is -3.94. The first-order valence-electron chi connectivity index (χ1n) is 14.8. The van der Waals surface area contributed by atoms with Crippen LogP contribution in [0.5, 0.6) is 6.01 Å². The van der Waals surface area contributed by atoms with E-state index in [0.717, 1.165) is 43.5 Å². The molecule has 4 aliphatic rings. The van der Waals surface area contributed by atoms with Crippen molar-refractivity contribution in [1.29, 1.82) is 10.5 Å². The van der Waals surface area contributed by atoms with Crippen LogP contribution >= 0.6 is 11.3 Å². The molecular formula is C30H35FN10OS. The minimum absolute atomic E-state index is 0.179. The highest BCUT2D eigenvalue weighted by molar-refractivity contribution is 7.16. The van der Waals surface area contributed by atoms with Crippen LogP contribution in [0.25, 0.3) is 0 Å². The van der Waals surface area contributed by atoms with Gasteiger partial charge in [0.25, 0.3) is 0 Å². The number of nitrogens with zero attached hydrogens (tertiary/aromatic N) is 9. The summed E-state index contributed by atoms with van der Waals surface area (Å²) < 4.78 is 22.5. The fourth-order valence-corrected chi connectivity index (χ4v) is 8.87. The van der Waals surface area contributed by atoms with Crippen LogP contribution < -0.4 is 20.3 Å². The molecule has 3 aliphatic heterocycles. The lowest BCUT2D eigenvalue weighted by molar-refractivity contribution is 0.107. The van der Waals surface area contributed by atoms with Gasteiger partial charge in [-0.3, -0.25) is 9.58 Å². The maximum absolute atomic E-state index is 14.5. The number of nitrogens with two attached hydrogens (primary N) is 1. The number of fused-ring (bicyclic) bond motifs is 3. The zero-order valence-corrected chi connectivity index (χ0v) is 25.5. The first-order chi connectivity index (χ1) is 20.7. The minimum Gasteiger partial charge on any atom is -0.461 e. The number of aromatic nitrogens is 4. The van der Waals surface area contributed by atoms with Gasteiger partial charge in [-0.25, -0.2) is 4.39 Å². The van der Waals surface area contributed by atoms with E-state index in [2.05, 4.69) is 27.0 Å². The summed E-state index contributed by atoms with van der Waals surface area (Å²) in [4.78, 5) is 17.0. The van der Waals surface area contributed by atoms with Crippen molar-refractivity contribution in [2.75, 3.05) is 55.4 Å². The first kappa shape index (κ1) is 27.9. The summed E-state index contributed by atoms with van der Waals surface area (Å²) in [5.74, 6) is 0.973. The molecular weight excluding hydrogens is 567 g/mol. The van der Waals surface area contributed by atoms with Crippen molar-refractivity contribution in [1.82, 2.24) is 24.6 Å². The van der Waals surface area contributed by atoms with Gasteiger partial charge >= 0.3 is 6.01 Å². The van der Waals surface area contributed by atoms with E-state index in [0.29, 0.717) is 60.4 Å². The van der Waals surface area contributed by atoms with Crippen LogP contribution in [0.15, 0.2) is 12.3 Å². The third-order valence-corrected chi connectivity index (χ3v) is 11.1. The Kier molecular flexibility index (Phi) is 6.52. The maximum Gasteiger partial charge on any atom is 0.320 e. The molecule has 11 nitrogen and oxygen atoms in total. The monoisotopic (exact) mass is 602 g/mol. The molecule has 0 saturated carbocycles. The summed E-state index contributed by atoms with van der Waals surface area (Å²) in [5, 5.41) is 25.5. The minimum atomic E-state index is -0.861. The van der Waals surface area contributed by atoms with Crippen LogP contribution in [0.4, 0.5) is 21.0 Å². The quantitative estimate of drug-likeness (QED) is 0.428. The number of thiophene rings is 1. The second kappa shape index (κ2) is 10.1. The van der Waals surface area contributed by atoms with Crippen molar-refractivity contribution in [3.8, 4) is 18.1 Å². The number of ether oxygens (including phenoxy) is 1. The predicted molar refractivity (Wildman–Crippen MR) is 161 cm³/mol. The van der Waals surface area contributed by atoms with Crippen molar-refractivity contribution in [3.05, 3.63) is 39.5 Å². The molecule has 1 spiro atoms. The van der Waals surface area contributed by atoms with E-state index in [1.54, 1.807) is 4.68 Å². The smallest absolute Gasteiger partial charge is 0.320 e. The largest absolute Gasteiger partial charge is 0.461 e. The number of hydrogen-bond acceptors (Lipinski definition) is 11. The molecule has 3 aromatic rings. The lowest BCUT2D eigenvalue weighted by Crippen LogP contribution is -2.59. The summed E-state index contributed by atoms with van der Waals surface area (Å²) in [5.41, 5.74) is 8.53. The Morgan fingerprint density at radius 1 is 1.26 bits per heavy atom. The molecule has 224 valence electrons. The lowest BCUT2D eigenvalue weighted by atomic mass is 9.74. The molecule has 0 radical (unpaired) electrons. The average molecular weight is 603 g/mol. The van der Waals surface area contributed by atoms with E-state index in [4.69, 9.17) is 20.4 Å². The van der Waals surface area contributed by atoms with Crippen LogP contribution in [0, 0.1) is 22.7 Å². The highest BCUT2D eigenvalue weighted by Crippen LogP contribution is 2.53. The highest BCUT2D eigenvalue weighted by Gasteiger charge is 2.53. The average Bonchev–Trinajstić information content (AvgIpc) is 3.77. The van der Waals surface area contributed by atoms with Crippen molar-refractivity contribution >= 4 is 28.0 Å². The summed E-state index contributed by atoms with van der Waals surface area (Å²) >= 11 is 1.52. The zero-order valence-electron chi connectivity index (χ0n) is 24.7. The van der Waals surface area contributed by atoms with Gasteiger partial charge < -0.3 is 20.3 Å². The molecule has 3 saturated heterocycles. The number of alkyl halides is 1. The lowest BCUT2D eigenvalue weighted by Gasteiger charge is -2.49. The van der Waals surface area contributed by atoms with Gasteiger partial charge in [0.2, 0.25) is 0 Å². The van der Waals surface area contributed by atoms with Crippen LogP contribution in [0.2, 0.25) is 0 Å². The third-order valence-electron chi connectivity index (χ3n) is 10.0. The molecule has 0 aromatic carbocycles. The molecule has 7 rings (SSSR count). The molecule has 13 heteroatoms. The molecule has 3 fully saturated rings. The standard InChI is InChI=1S/C30H35FN10OS/c1-18(22-6-10-38(2)37-22)39(3)26-21(13-33)27(36-28(35-26)42-17-30-7-4-9-41(30)14-19(31)11-30)40-15-29(16-40)8-5-23-24(29)20(12-32)25(34)43-23/h6,10,18-19H,4-5,7-9,11,14-17,34H2,1-3H3/t18?,19-,30+/m1/s1. The summed E-state index contributed by atoms with van der Waals surface area (Å²) in [6, 6.07) is 6.65. The predicted octanol–water partition coefficient (Wildman–Crippen LogP) is 3.45. The Morgan fingerprint density at radius 3 is 2.77 bits per heavy atom. The molecule has 3 aromatic heterocycles. The molecule has 3 atom stereocenters. The Balaban J connectivity index is 1.24. The van der Waals surface area contributed by atoms with Gasteiger partial charge in [-0.15, -0.1) is 11.3 Å². The molecule has 1 unspecified atom stereocenters. The second-order valence-electron chi connectivity index (χ2n) is 12.6. The highest BCUT2D eigenvalue weighted by atomic mass is 32.1. The van der Waals surface area contributed by atoms with Gasteiger partial charge in [-0.05, 0) is 50.8 Å². The Morgan fingerprint density at radius 2 is 2.05 bits per heavy atom. The summed E-state index contributed by atoms with van der Waals surface area (Å²) in [7, 11) is 3.77.